The molecule has 0 spiro atoms. The fraction of sp³-hybridized carbons (Fsp3) is 0.167. The molecule has 0 saturated heterocycles. The fourth-order valence-electron chi connectivity index (χ4n) is 1.27. The molecule has 0 aromatic heterocycles. The number of hydrogen-bond donors (Lipinski definition) is 3. The summed E-state index contributed by atoms with van der Waals surface area (Å²) >= 11 is 0. The minimum Gasteiger partial charge on any atom is -0.478 e. The Kier molecular flexibility index (Phi) is 4.89. The Morgan fingerprint density at radius 1 is 1.39 bits per heavy atom. The number of benzene rings is 1. The molecule has 1 rings (SSSR count). The third kappa shape index (κ3) is 3.91. The van der Waals surface area contributed by atoms with Crippen LogP contribution in [-0.4, -0.2) is 28.9 Å². The summed E-state index contributed by atoms with van der Waals surface area (Å²) in [6.07, 6.45) is 0.688. The van der Waals surface area contributed by atoms with E-state index in [1.807, 2.05) is 0 Å². The standard InChI is InChI=1S/C12H13NO5/c1-2-3-18-12(17)13-10-5-8(7-14)4-9(6-10)11(15)16/h2,4-6,14H,1,3,7H2,(H,13,17)(H,15,16). The SMILES string of the molecule is C=CCOC(=O)Nc1cc(CO)cc(C(=O)O)c1. The number of rotatable bonds is 5. The van der Waals surface area contributed by atoms with Crippen LogP contribution in [0.4, 0.5) is 10.5 Å². The molecule has 1 aromatic rings. The number of carboxylic acids is 1. The summed E-state index contributed by atoms with van der Waals surface area (Å²) in [5.74, 6) is -1.15. The molecule has 3 N–H and O–H groups in total. The van der Waals surface area contributed by atoms with Crippen molar-refractivity contribution < 1.29 is 24.5 Å². The smallest absolute Gasteiger partial charge is 0.411 e. The first kappa shape index (κ1) is 13.7. The van der Waals surface area contributed by atoms with Crippen LogP contribution in [0, 0.1) is 0 Å². The Balaban J connectivity index is 2.87. The summed E-state index contributed by atoms with van der Waals surface area (Å²) < 4.78 is 4.69. The van der Waals surface area contributed by atoms with Crippen molar-refractivity contribution in [2.45, 2.75) is 6.61 Å². The molecule has 6 heteroatoms. The normalized spacial score (nSPS) is 9.61. The van der Waals surface area contributed by atoms with Crippen molar-refractivity contribution >= 4 is 17.7 Å². The van der Waals surface area contributed by atoms with Crippen molar-refractivity contribution in [1.29, 1.82) is 0 Å². The zero-order chi connectivity index (χ0) is 13.5. The second-order valence-electron chi connectivity index (χ2n) is 3.39. The lowest BCUT2D eigenvalue weighted by molar-refractivity contribution is 0.0696. The Hall–Kier alpha value is -2.34. The van der Waals surface area contributed by atoms with Crippen molar-refractivity contribution in [3.05, 3.63) is 42.0 Å². The van der Waals surface area contributed by atoms with E-state index in [-0.39, 0.29) is 24.5 Å². The summed E-state index contributed by atoms with van der Waals surface area (Å²) in [6, 6.07) is 4.06. The van der Waals surface area contributed by atoms with E-state index < -0.39 is 12.1 Å². The summed E-state index contributed by atoms with van der Waals surface area (Å²) in [6.45, 7) is 3.12. The molecule has 6 nitrogen and oxygen atoms in total. The highest BCUT2D eigenvalue weighted by Gasteiger charge is 2.09. The number of carbonyl (C=O) groups excluding carboxylic acids is 1. The van der Waals surface area contributed by atoms with Crippen LogP contribution in [-0.2, 0) is 11.3 Å². The number of hydrogen-bond acceptors (Lipinski definition) is 4. The maximum atomic E-state index is 11.3. The highest BCUT2D eigenvalue weighted by Crippen LogP contribution is 2.15. The van der Waals surface area contributed by atoms with Crippen LogP contribution in [0.15, 0.2) is 30.9 Å². The van der Waals surface area contributed by atoms with Gasteiger partial charge in [0.15, 0.2) is 0 Å². The summed E-state index contributed by atoms with van der Waals surface area (Å²) in [5, 5.41) is 20.2. The minimum atomic E-state index is -1.15. The zero-order valence-corrected chi connectivity index (χ0v) is 9.55. The second-order valence-corrected chi connectivity index (χ2v) is 3.39. The van der Waals surface area contributed by atoms with Crippen molar-refractivity contribution in [2.24, 2.45) is 0 Å². The van der Waals surface area contributed by atoms with E-state index in [0.29, 0.717) is 5.56 Å². The van der Waals surface area contributed by atoms with E-state index in [9.17, 15) is 9.59 Å². The van der Waals surface area contributed by atoms with Gasteiger partial charge < -0.3 is 14.9 Å². The zero-order valence-electron chi connectivity index (χ0n) is 9.55. The average Bonchev–Trinajstić information content (AvgIpc) is 2.35. The molecule has 0 unspecified atom stereocenters. The molecule has 0 atom stereocenters. The highest BCUT2D eigenvalue weighted by atomic mass is 16.5. The lowest BCUT2D eigenvalue weighted by atomic mass is 10.1. The molecule has 0 saturated carbocycles. The van der Waals surface area contributed by atoms with Crippen molar-refractivity contribution in [3.8, 4) is 0 Å². The first-order chi connectivity index (χ1) is 8.56. The topological polar surface area (TPSA) is 95.9 Å². The monoisotopic (exact) mass is 251 g/mol. The van der Waals surface area contributed by atoms with Crippen molar-refractivity contribution in [1.82, 2.24) is 0 Å². The molecule has 1 aromatic carbocycles. The van der Waals surface area contributed by atoms with Gasteiger partial charge in [0, 0.05) is 5.69 Å². The predicted molar refractivity (Wildman–Crippen MR) is 64.5 cm³/mol. The van der Waals surface area contributed by atoms with Gasteiger partial charge in [-0.3, -0.25) is 5.32 Å². The molecular formula is C12H13NO5. The van der Waals surface area contributed by atoms with Gasteiger partial charge in [-0.15, -0.1) is 0 Å². The van der Waals surface area contributed by atoms with Crippen molar-refractivity contribution in [2.75, 3.05) is 11.9 Å². The Morgan fingerprint density at radius 3 is 2.67 bits per heavy atom. The number of aliphatic hydroxyl groups excluding tert-OH is 1. The lowest BCUT2D eigenvalue weighted by Crippen LogP contribution is -2.14. The van der Waals surface area contributed by atoms with E-state index in [2.05, 4.69) is 11.9 Å². The van der Waals surface area contributed by atoms with Crippen LogP contribution in [0.1, 0.15) is 15.9 Å². The van der Waals surface area contributed by atoms with Gasteiger partial charge >= 0.3 is 12.1 Å². The number of anilines is 1. The minimum absolute atomic E-state index is 0.0272. The second kappa shape index (κ2) is 6.41. The van der Waals surface area contributed by atoms with Gasteiger partial charge in [0.2, 0.25) is 0 Å². The number of amides is 1. The molecular weight excluding hydrogens is 238 g/mol. The molecule has 18 heavy (non-hydrogen) atoms. The molecule has 0 heterocycles. The van der Waals surface area contributed by atoms with Gasteiger partial charge in [0.05, 0.1) is 12.2 Å². The predicted octanol–water partition coefficient (Wildman–Crippen LogP) is 1.61. The summed E-state index contributed by atoms with van der Waals surface area (Å²) in [4.78, 5) is 22.1. The summed E-state index contributed by atoms with van der Waals surface area (Å²) in [5.41, 5.74) is 0.600. The van der Waals surface area contributed by atoms with Crippen LogP contribution < -0.4 is 5.32 Å². The number of ether oxygens (including phenoxy) is 1. The first-order valence-electron chi connectivity index (χ1n) is 5.09. The quantitative estimate of drug-likeness (QED) is 0.691. The number of carboxylic acid groups (broad SMARTS) is 1. The van der Waals surface area contributed by atoms with Gasteiger partial charge in [-0.05, 0) is 23.8 Å². The third-order valence-corrected chi connectivity index (χ3v) is 2.00. The number of aliphatic hydroxyl groups is 1. The fourth-order valence-corrected chi connectivity index (χ4v) is 1.27. The number of carbonyl (C=O) groups is 2. The largest absolute Gasteiger partial charge is 0.478 e. The Bertz CT molecular complexity index is 470. The maximum absolute atomic E-state index is 11.3. The van der Waals surface area contributed by atoms with E-state index in [4.69, 9.17) is 14.9 Å². The van der Waals surface area contributed by atoms with Crippen molar-refractivity contribution in [3.63, 3.8) is 0 Å². The van der Waals surface area contributed by atoms with Gasteiger partial charge in [0.1, 0.15) is 6.61 Å². The number of aromatic carboxylic acids is 1. The Labute approximate surface area is 104 Å². The molecule has 0 bridgehead atoms. The number of nitrogens with one attached hydrogen (secondary N) is 1. The molecule has 96 valence electrons. The maximum Gasteiger partial charge on any atom is 0.411 e. The van der Waals surface area contributed by atoms with E-state index in [1.54, 1.807) is 0 Å². The van der Waals surface area contributed by atoms with Crippen LogP contribution in [0.5, 0.6) is 0 Å². The van der Waals surface area contributed by atoms with Crippen LogP contribution in [0.2, 0.25) is 0 Å². The first-order valence-corrected chi connectivity index (χ1v) is 5.09. The third-order valence-electron chi connectivity index (χ3n) is 2.00. The molecule has 0 aliphatic heterocycles. The molecule has 1 amide bonds. The van der Waals surface area contributed by atoms with Gasteiger partial charge in [0.25, 0.3) is 0 Å². The van der Waals surface area contributed by atoms with Gasteiger partial charge in [-0.25, -0.2) is 9.59 Å². The van der Waals surface area contributed by atoms with Crippen LogP contribution in [0.25, 0.3) is 0 Å². The van der Waals surface area contributed by atoms with Crippen LogP contribution >= 0.6 is 0 Å². The van der Waals surface area contributed by atoms with Gasteiger partial charge in [-0.1, -0.05) is 12.7 Å². The molecule has 0 aliphatic rings. The van der Waals surface area contributed by atoms with Crippen LogP contribution in [0.3, 0.4) is 0 Å². The molecule has 0 fully saturated rings. The summed E-state index contributed by atoms with van der Waals surface area (Å²) in [7, 11) is 0. The molecule has 0 radical (unpaired) electrons. The van der Waals surface area contributed by atoms with E-state index >= 15 is 0 Å². The Morgan fingerprint density at radius 2 is 2.11 bits per heavy atom. The van der Waals surface area contributed by atoms with E-state index in [0.717, 1.165) is 0 Å². The highest BCUT2D eigenvalue weighted by molar-refractivity contribution is 5.91. The van der Waals surface area contributed by atoms with E-state index in [1.165, 1.54) is 24.3 Å². The molecule has 0 aliphatic carbocycles. The lowest BCUT2D eigenvalue weighted by Gasteiger charge is -2.08. The van der Waals surface area contributed by atoms with Gasteiger partial charge in [-0.2, -0.15) is 0 Å². The average molecular weight is 251 g/mol.